The van der Waals surface area contributed by atoms with Crippen LogP contribution in [0.5, 0.6) is 0 Å². The zero-order chi connectivity index (χ0) is 8.72. The first-order valence-electron chi connectivity index (χ1n) is 3.11. The second-order valence-corrected chi connectivity index (χ2v) is 2.24. The Labute approximate surface area is 112 Å². The van der Waals surface area contributed by atoms with Crippen molar-refractivity contribution >= 4 is 62.5 Å². The van der Waals surface area contributed by atoms with Gasteiger partial charge in [0.25, 0.3) is 5.56 Å². The number of imidazole rings is 1. The predicted molar refractivity (Wildman–Crippen MR) is 47.3 cm³/mol. The second kappa shape index (κ2) is 3.76. The molecule has 0 atom stereocenters. The van der Waals surface area contributed by atoms with Gasteiger partial charge in [-0.3, -0.25) is 24.7 Å². The van der Waals surface area contributed by atoms with Gasteiger partial charge in [0.2, 0.25) is 0 Å². The van der Waals surface area contributed by atoms with E-state index in [-0.39, 0.29) is 62.5 Å². The van der Waals surface area contributed by atoms with Gasteiger partial charge in [0.15, 0.2) is 0 Å². The normalized spacial score (nSPS) is 9.85. The molecule has 2 rings (SSSR count). The van der Waals surface area contributed by atoms with Crippen LogP contribution in [0.15, 0.2) is 14.4 Å². The first kappa shape index (κ1) is 10.7. The predicted octanol–water partition coefficient (Wildman–Crippen LogP) is -2.42. The molecule has 0 aliphatic heterocycles. The van der Waals surface area contributed by atoms with E-state index < -0.39 is 16.9 Å². The van der Waals surface area contributed by atoms with Crippen LogP contribution in [-0.2, 0) is 0 Å². The van der Waals surface area contributed by atoms with Crippen molar-refractivity contribution in [2.45, 2.75) is 0 Å². The minimum absolute atomic E-state index is 0. The van der Waals surface area contributed by atoms with Crippen LogP contribution >= 0.6 is 0 Å². The summed E-state index contributed by atoms with van der Waals surface area (Å²) >= 11 is 0. The van der Waals surface area contributed by atoms with Crippen molar-refractivity contribution < 1.29 is 0 Å². The fourth-order valence-corrected chi connectivity index (χ4v) is 0.958. The van der Waals surface area contributed by atoms with Crippen molar-refractivity contribution in [3.05, 3.63) is 31.3 Å². The van der Waals surface area contributed by atoms with E-state index in [0.29, 0.717) is 0 Å². The van der Waals surface area contributed by atoms with Crippen molar-refractivity contribution in [2.24, 2.45) is 0 Å². The summed E-state index contributed by atoms with van der Waals surface area (Å²) in [6.45, 7) is 0. The molecule has 2 heterocycles. The van der Waals surface area contributed by atoms with E-state index in [2.05, 4.69) is 15.0 Å². The van der Waals surface area contributed by atoms with Gasteiger partial charge < -0.3 is 0 Å². The van der Waals surface area contributed by atoms with Crippen LogP contribution in [0.2, 0.25) is 0 Å². The van der Waals surface area contributed by atoms with Crippen molar-refractivity contribution in [3.8, 4) is 0 Å². The zero-order valence-corrected chi connectivity index (χ0v) is 5.72. The third kappa shape index (κ3) is 1.91. The molecule has 0 saturated heterocycles. The Morgan fingerprint density at radius 3 is 1.92 bits per heavy atom. The molecular formula is C5H5KN4O3. The Hall–Kier alpha value is -0.414. The number of H-pyrrole nitrogens is 4. The molecule has 0 unspecified atom stereocenters. The molecule has 0 fully saturated rings. The number of aromatic amines is 4. The van der Waals surface area contributed by atoms with E-state index in [4.69, 9.17) is 0 Å². The molecule has 0 spiro atoms. The molecule has 0 aromatic carbocycles. The summed E-state index contributed by atoms with van der Waals surface area (Å²) in [5, 5.41) is 0. The Kier molecular flexibility index (Phi) is 3.08. The zero-order valence-electron chi connectivity index (χ0n) is 5.72. The van der Waals surface area contributed by atoms with Crippen molar-refractivity contribution in [1.29, 1.82) is 0 Å². The Bertz CT molecular complexity index is 588. The summed E-state index contributed by atoms with van der Waals surface area (Å²) in [6, 6.07) is 0. The maximum atomic E-state index is 10.9. The molecule has 13 heavy (non-hydrogen) atoms. The van der Waals surface area contributed by atoms with Crippen molar-refractivity contribution in [2.75, 3.05) is 0 Å². The number of hydrogen-bond acceptors (Lipinski definition) is 3. The Morgan fingerprint density at radius 2 is 1.31 bits per heavy atom. The SMILES string of the molecule is O=c1[nH]c(=O)c2[nH]c(=O)[nH]c2[nH]1.[KH]. The van der Waals surface area contributed by atoms with E-state index in [0.717, 1.165) is 0 Å². The molecule has 0 radical (unpaired) electrons. The van der Waals surface area contributed by atoms with Crippen LogP contribution in [-0.4, -0.2) is 71.3 Å². The van der Waals surface area contributed by atoms with E-state index in [1.54, 1.807) is 0 Å². The molecule has 7 nitrogen and oxygen atoms in total. The van der Waals surface area contributed by atoms with Crippen molar-refractivity contribution in [3.63, 3.8) is 0 Å². The molecule has 64 valence electrons. The number of nitrogens with one attached hydrogen (secondary N) is 4. The van der Waals surface area contributed by atoms with E-state index in [1.165, 1.54) is 0 Å². The van der Waals surface area contributed by atoms with Crippen LogP contribution in [0.1, 0.15) is 0 Å². The molecule has 2 aromatic heterocycles. The number of fused-ring (bicyclic) bond motifs is 1. The van der Waals surface area contributed by atoms with Gasteiger partial charge in [0.1, 0.15) is 11.2 Å². The summed E-state index contributed by atoms with van der Waals surface area (Å²) in [6.07, 6.45) is 0. The fourth-order valence-electron chi connectivity index (χ4n) is 0.958. The molecule has 0 aliphatic rings. The molecule has 0 aliphatic carbocycles. The molecule has 0 amide bonds. The van der Waals surface area contributed by atoms with Gasteiger partial charge in [-0.05, 0) is 0 Å². The summed E-state index contributed by atoms with van der Waals surface area (Å²) in [5.74, 6) is 0. The molecule has 0 saturated carbocycles. The van der Waals surface area contributed by atoms with Crippen LogP contribution in [0.25, 0.3) is 11.2 Å². The maximum absolute atomic E-state index is 10.9. The molecule has 0 bridgehead atoms. The summed E-state index contributed by atoms with van der Waals surface area (Å²) in [5.41, 5.74) is -1.65. The van der Waals surface area contributed by atoms with Crippen molar-refractivity contribution in [1.82, 2.24) is 19.9 Å². The average Bonchev–Trinajstić information content (AvgIpc) is 2.29. The van der Waals surface area contributed by atoms with Crippen LogP contribution < -0.4 is 16.9 Å². The first-order valence-corrected chi connectivity index (χ1v) is 3.11. The van der Waals surface area contributed by atoms with Crippen LogP contribution in [0.4, 0.5) is 0 Å². The third-order valence-corrected chi connectivity index (χ3v) is 1.42. The molecule has 4 N–H and O–H groups in total. The summed E-state index contributed by atoms with van der Waals surface area (Å²) < 4.78 is 0. The van der Waals surface area contributed by atoms with Gasteiger partial charge in [-0.1, -0.05) is 0 Å². The Balaban J connectivity index is 0.000000845. The van der Waals surface area contributed by atoms with E-state index in [1.807, 2.05) is 4.98 Å². The average molecular weight is 208 g/mol. The van der Waals surface area contributed by atoms with Gasteiger partial charge in [-0.2, -0.15) is 0 Å². The van der Waals surface area contributed by atoms with Gasteiger partial charge in [-0.15, -0.1) is 0 Å². The first-order chi connectivity index (χ1) is 5.66. The second-order valence-electron chi connectivity index (χ2n) is 2.24. The van der Waals surface area contributed by atoms with Gasteiger partial charge in [0, 0.05) is 0 Å². The molecule has 2 aromatic rings. The van der Waals surface area contributed by atoms with E-state index in [9.17, 15) is 14.4 Å². The standard InChI is InChI=1S/C5H4N4O3.K.H/c10-3-1-2(7-4(11)6-1)8-5(12)9-3;;/h(H4,6,7,8,9,10,11,12);;. The minimum atomic E-state index is -0.650. The van der Waals surface area contributed by atoms with E-state index >= 15 is 0 Å². The summed E-state index contributed by atoms with van der Waals surface area (Å²) in [4.78, 5) is 41.0. The summed E-state index contributed by atoms with van der Waals surface area (Å²) in [7, 11) is 0. The Morgan fingerprint density at radius 1 is 0.769 bits per heavy atom. The van der Waals surface area contributed by atoms with Gasteiger partial charge in [-0.25, -0.2) is 9.59 Å². The third-order valence-electron chi connectivity index (χ3n) is 1.42. The number of hydrogen-bond donors (Lipinski definition) is 4. The monoisotopic (exact) mass is 208 g/mol. The number of rotatable bonds is 0. The fraction of sp³-hybridized carbons (Fsp3) is 0. The topological polar surface area (TPSA) is 114 Å². The molecular weight excluding hydrogens is 203 g/mol. The van der Waals surface area contributed by atoms with Crippen LogP contribution in [0, 0.1) is 0 Å². The molecule has 8 heteroatoms. The van der Waals surface area contributed by atoms with Gasteiger partial charge >= 0.3 is 62.8 Å². The quantitative estimate of drug-likeness (QED) is 0.361. The van der Waals surface area contributed by atoms with Crippen LogP contribution in [0.3, 0.4) is 0 Å². The number of aromatic nitrogens is 4. The van der Waals surface area contributed by atoms with Gasteiger partial charge in [0.05, 0.1) is 0 Å².